The molecule has 20 heavy (non-hydrogen) atoms. The van der Waals surface area contributed by atoms with Crippen molar-refractivity contribution in [1.29, 1.82) is 0 Å². The molecule has 7 heteroatoms. The predicted octanol–water partition coefficient (Wildman–Crippen LogP) is -0.509. The molecule has 1 aliphatic carbocycles. The van der Waals surface area contributed by atoms with E-state index in [1.54, 1.807) is 0 Å². The molecule has 1 heterocycles. The molecule has 0 aromatic carbocycles. The maximum Gasteiger partial charge on any atom is 0.237 e. The molecule has 0 aromatic heterocycles. The molecule has 1 amide bonds. The van der Waals surface area contributed by atoms with Crippen LogP contribution in [-0.4, -0.2) is 61.4 Å². The average Bonchev–Trinajstić information content (AvgIpc) is 2.74. The number of carbonyl (C=O) groups excluding carboxylic acids is 1. The summed E-state index contributed by atoms with van der Waals surface area (Å²) < 4.78 is 23.3. The van der Waals surface area contributed by atoms with Crippen molar-refractivity contribution < 1.29 is 13.2 Å². The fourth-order valence-corrected chi connectivity index (χ4v) is 5.25. The standard InChI is InChI=1S/C13H25N3O3S/c1-3-15-13(12(14)17)5-4-11(8-13)16-6-7-20(18,19)9-10(16)2/h10-11,15H,3-9H2,1-2H3,(H2,14,17). The van der Waals surface area contributed by atoms with Gasteiger partial charge in [0.1, 0.15) is 0 Å². The molecule has 1 saturated carbocycles. The normalized spacial score (nSPS) is 37.9. The van der Waals surface area contributed by atoms with Crippen molar-refractivity contribution in [3.8, 4) is 0 Å². The van der Waals surface area contributed by atoms with E-state index in [1.807, 2.05) is 13.8 Å². The number of rotatable bonds is 4. The van der Waals surface area contributed by atoms with Gasteiger partial charge in [-0.25, -0.2) is 8.42 Å². The van der Waals surface area contributed by atoms with Crippen molar-refractivity contribution in [3.05, 3.63) is 0 Å². The van der Waals surface area contributed by atoms with Crippen LogP contribution < -0.4 is 11.1 Å². The van der Waals surface area contributed by atoms with Gasteiger partial charge >= 0.3 is 0 Å². The number of likely N-dealkylation sites (N-methyl/N-ethyl adjacent to an activating group) is 1. The number of nitrogens with one attached hydrogen (secondary N) is 1. The Bertz CT molecular complexity index is 479. The third-order valence-corrected chi connectivity index (χ3v) is 6.46. The zero-order valence-electron chi connectivity index (χ0n) is 12.3. The van der Waals surface area contributed by atoms with Crippen molar-refractivity contribution in [1.82, 2.24) is 10.2 Å². The Morgan fingerprint density at radius 2 is 2.20 bits per heavy atom. The first-order valence-electron chi connectivity index (χ1n) is 7.31. The summed E-state index contributed by atoms with van der Waals surface area (Å²) in [5.41, 5.74) is 4.96. The molecule has 2 rings (SSSR count). The number of nitrogens with two attached hydrogens (primary N) is 1. The van der Waals surface area contributed by atoms with E-state index in [1.165, 1.54) is 0 Å². The number of carbonyl (C=O) groups is 1. The highest BCUT2D eigenvalue weighted by Crippen LogP contribution is 2.34. The average molecular weight is 303 g/mol. The van der Waals surface area contributed by atoms with Gasteiger partial charge in [-0.3, -0.25) is 9.69 Å². The summed E-state index contributed by atoms with van der Waals surface area (Å²) in [5, 5.41) is 3.24. The molecule has 3 unspecified atom stereocenters. The lowest BCUT2D eigenvalue weighted by atomic mass is 9.96. The number of sulfone groups is 1. The number of hydrogen-bond acceptors (Lipinski definition) is 5. The van der Waals surface area contributed by atoms with Gasteiger partial charge in [0.15, 0.2) is 9.84 Å². The third kappa shape index (κ3) is 2.99. The summed E-state index contributed by atoms with van der Waals surface area (Å²) >= 11 is 0. The number of amides is 1. The highest BCUT2D eigenvalue weighted by Gasteiger charge is 2.46. The molecule has 3 atom stereocenters. The molecule has 0 bridgehead atoms. The maximum atomic E-state index is 11.8. The SMILES string of the molecule is CCNC1(C(N)=O)CCC(N2CCS(=O)(=O)CC2C)C1. The van der Waals surface area contributed by atoms with Gasteiger partial charge in [0.05, 0.1) is 17.0 Å². The Hall–Kier alpha value is -0.660. The lowest BCUT2D eigenvalue weighted by Crippen LogP contribution is -2.56. The first kappa shape index (κ1) is 15.7. The highest BCUT2D eigenvalue weighted by molar-refractivity contribution is 7.91. The quantitative estimate of drug-likeness (QED) is 0.730. The molecule has 1 saturated heterocycles. The van der Waals surface area contributed by atoms with Crippen LogP contribution in [0.4, 0.5) is 0 Å². The number of nitrogens with zero attached hydrogens (tertiary/aromatic N) is 1. The zero-order chi connectivity index (χ0) is 15.0. The lowest BCUT2D eigenvalue weighted by Gasteiger charge is -2.38. The second kappa shape index (κ2) is 5.61. The lowest BCUT2D eigenvalue weighted by molar-refractivity contribution is -0.124. The summed E-state index contributed by atoms with van der Waals surface area (Å²) in [6, 6.07) is 0.260. The summed E-state index contributed by atoms with van der Waals surface area (Å²) in [6.45, 7) is 5.19. The van der Waals surface area contributed by atoms with Gasteiger partial charge in [0.25, 0.3) is 0 Å². The van der Waals surface area contributed by atoms with Crippen LogP contribution in [0.15, 0.2) is 0 Å². The first-order chi connectivity index (χ1) is 9.30. The predicted molar refractivity (Wildman–Crippen MR) is 78.1 cm³/mol. The smallest absolute Gasteiger partial charge is 0.237 e. The van der Waals surface area contributed by atoms with Gasteiger partial charge in [0.2, 0.25) is 5.91 Å². The molecule has 2 fully saturated rings. The van der Waals surface area contributed by atoms with Gasteiger partial charge in [-0.2, -0.15) is 0 Å². The second-order valence-corrected chi connectivity index (χ2v) is 8.30. The van der Waals surface area contributed by atoms with E-state index in [0.717, 1.165) is 12.8 Å². The molecule has 116 valence electrons. The van der Waals surface area contributed by atoms with E-state index in [2.05, 4.69) is 10.2 Å². The van der Waals surface area contributed by atoms with E-state index in [-0.39, 0.29) is 29.5 Å². The van der Waals surface area contributed by atoms with E-state index in [4.69, 9.17) is 5.73 Å². The van der Waals surface area contributed by atoms with Gasteiger partial charge in [-0.15, -0.1) is 0 Å². The van der Waals surface area contributed by atoms with Crippen molar-refractivity contribution in [2.45, 2.75) is 50.7 Å². The highest BCUT2D eigenvalue weighted by atomic mass is 32.2. The minimum Gasteiger partial charge on any atom is -0.368 e. The van der Waals surface area contributed by atoms with Crippen LogP contribution in [0.3, 0.4) is 0 Å². The summed E-state index contributed by atoms with van der Waals surface area (Å²) in [6.07, 6.45) is 2.30. The molecule has 0 aromatic rings. The third-order valence-electron chi connectivity index (χ3n) is 4.67. The second-order valence-electron chi connectivity index (χ2n) is 6.07. The van der Waals surface area contributed by atoms with E-state index < -0.39 is 15.4 Å². The monoisotopic (exact) mass is 303 g/mol. The molecule has 0 radical (unpaired) electrons. The fraction of sp³-hybridized carbons (Fsp3) is 0.923. The van der Waals surface area contributed by atoms with Crippen LogP contribution >= 0.6 is 0 Å². The van der Waals surface area contributed by atoms with Gasteiger partial charge < -0.3 is 11.1 Å². The fourth-order valence-electron chi connectivity index (χ4n) is 3.67. The van der Waals surface area contributed by atoms with Crippen molar-refractivity contribution >= 4 is 15.7 Å². The molecular formula is C13H25N3O3S. The Labute approximate surface area is 121 Å². The maximum absolute atomic E-state index is 11.8. The van der Waals surface area contributed by atoms with Crippen LogP contribution in [0.25, 0.3) is 0 Å². The Morgan fingerprint density at radius 3 is 2.75 bits per heavy atom. The van der Waals surface area contributed by atoms with Crippen molar-refractivity contribution in [2.75, 3.05) is 24.6 Å². The number of hydrogen-bond donors (Lipinski definition) is 2. The first-order valence-corrected chi connectivity index (χ1v) is 9.13. The molecule has 2 aliphatic rings. The number of primary amides is 1. The van der Waals surface area contributed by atoms with Crippen LogP contribution in [0.5, 0.6) is 0 Å². The summed E-state index contributed by atoms with van der Waals surface area (Å²) in [7, 11) is -2.90. The van der Waals surface area contributed by atoms with Gasteiger partial charge in [0, 0.05) is 18.6 Å². The minimum atomic E-state index is -2.90. The largest absolute Gasteiger partial charge is 0.368 e. The molecule has 6 nitrogen and oxygen atoms in total. The molecule has 0 spiro atoms. The molecular weight excluding hydrogens is 278 g/mol. The summed E-state index contributed by atoms with van der Waals surface area (Å²) in [5.74, 6) is 0.145. The van der Waals surface area contributed by atoms with Crippen LogP contribution in [0.1, 0.15) is 33.1 Å². The minimum absolute atomic E-state index is 0.0176. The van der Waals surface area contributed by atoms with Crippen molar-refractivity contribution in [2.24, 2.45) is 5.73 Å². The zero-order valence-corrected chi connectivity index (χ0v) is 13.1. The molecule has 1 aliphatic heterocycles. The Balaban J connectivity index is 2.07. The van der Waals surface area contributed by atoms with E-state index >= 15 is 0 Å². The van der Waals surface area contributed by atoms with E-state index in [9.17, 15) is 13.2 Å². The Kier molecular flexibility index (Phi) is 4.41. The van der Waals surface area contributed by atoms with Gasteiger partial charge in [-0.1, -0.05) is 6.92 Å². The van der Waals surface area contributed by atoms with E-state index in [0.29, 0.717) is 19.5 Å². The van der Waals surface area contributed by atoms with Crippen LogP contribution in [0, 0.1) is 0 Å². The van der Waals surface area contributed by atoms with Crippen LogP contribution in [0.2, 0.25) is 0 Å². The Morgan fingerprint density at radius 1 is 1.50 bits per heavy atom. The van der Waals surface area contributed by atoms with Gasteiger partial charge in [-0.05, 0) is 32.7 Å². The summed E-state index contributed by atoms with van der Waals surface area (Å²) in [4.78, 5) is 14.0. The molecule has 3 N–H and O–H groups in total. The van der Waals surface area contributed by atoms with Crippen LogP contribution in [-0.2, 0) is 14.6 Å². The topological polar surface area (TPSA) is 92.5 Å². The van der Waals surface area contributed by atoms with Crippen molar-refractivity contribution in [3.63, 3.8) is 0 Å².